The van der Waals surface area contributed by atoms with Gasteiger partial charge in [0.1, 0.15) is 0 Å². The highest BCUT2D eigenvalue weighted by atomic mass is 16.5. The molecule has 0 aromatic rings. The van der Waals surface area contributed by atoms with Gasteiger partial charge in [-0.05, 0) is 12.8 Å². The van der Waals surface area contributed by atoms with Crippen molar-refractivity contribution < 1.29 is 28.6 Å². The standard InChI is InChI=1S/C15H24N2O6/c1-2-16-15(20)5-8-21-10-12-23-13-11-22-9-6-17-14(19)4-3-7-18/h7H,2,5-6,8-13H2,1H3,(H,16,20)(H,17,19). The number of carbonyl (C=O) groups excluding carboxylic acids is 3. The van der Waals surface area contributed by atoms with Gasteiger partial charge in [-0.3, -0.25) is 14.4 Å². The van der Waals surface area contributed by atoms with Crippen molar-refractivity contribution in [3.05, 3.63) is 0 Å². The average Bonchev–Trinajstić information content (AvgIpc) is 2.54. The topological polar surface area (TPSA) is 103 Å². The Morgan fingerprint density at radius 3 is 2.17 bits per heavy atom. The number of nitrogens with one attached hydrogen (secondary N) is 2. The molecule has 8 heteroatoms. The van der Waals surface area contributed by atoms with E-state index in [0.717, 1.165) is 0 Å². The Labute approximate surface area is 136 Å². The van der Waals surface area contributed by atoms with Crippen LogP contribution in [-0.4, -0.2) is 70.8 Å². The number of amides is 2. The molecule has 23 heavy (non-hydrogen) atoms. The Hall–Kier alpha value is -1.95. The quantitative estimate of drug-likeness (QED) is 0.252. The van der Waals surface area contributed by atoms with Gasteiger partial charge in [0.2, 0.25) is 5.91 Å². The summed E-state index contributed by atoms with van der Waals surface area (Å²) in [7, 11) is 0. The van der Waals surface area contributed by atoms with Crippen LogP contribution in [0.2, 0.25) is 0 Å². The fraction of sp³-hybridized carbons (Fsp3) is 0.667. The molecule has 0 aliphatic carbocycles. The second kappa shape index (κ2) is 16.4. The fourth-order valence-electron chi connectivity index (χ4n) is 1.37. The molecule has 0 spiro atoms. The molecule has 0 saturated heterocycles. The molecule has 0 aromatic heterocycles. The first-order chi connectivity index (χ1) is 11.2. The number of hydrogen-bond acceptors (Lipinski definition) is 6. The van der Waals surface area contributed by atoms with Gasteiger partial charge in [0, 0.05) is 25.4 Å². The van der Waals surface area contributed by atoms with Crippen LogP contribution >= 0.6 is 0 Å². The van der Waals surface area contributed by atoms with Crippen LogP contribution in [0.1, 0.15) is 13.3 Å². The summed E-state index contributed by atoms with van der Waals surface area (Å²) in [6.07, 6.45) is 0.705. The van der Waals surface area contributed by atoms with Crippen molar-refractivity contribution in [3.8, 4) is 11.8 Å². The molecule has 0 aromatic carbocycles. The molecule has 0 aliphatic rings. The van der Waals surface area contributed by atoms with Crippen LogP contribution in [0.25, 0.3) is 0 Å². The highest BCUT2D eigenvalue weighted by molar-refractivity contribution is 5.97. The van der Waals surface area contributed by atoms with Crippen molar-refractivity contribution in [2.45, 2.75) is 13.3 Å². The van der Waals surface area contributed by atoms with Gasteiger partial charge < -0.3 is 24.8 Å². The molecule has 0 atom stereocenters. The lowest BCUT2D eigenvalue weighted by molar-refractivity contribution is -0.122. The molecule has 0 saturated carbocycles. The van der Waals surface area contributed by atoms with Crippen LogP contribution < -0.4 is 10.6 Å². The predicted octanol–water partition coefficient (Wildman–Crippen LogP) is -1.12. The lowest BCUT2D eigenvalue weighted by atomic mass is 10.4. The second-order valence-corrected chi connectivity index (χ2v) is 4.18. The van der Waals surface area contributed by atoms with Crippen molar-refractivity contribution in [1.82, 2.24) is 10.6 Å². The van der Waals surface area contributed by atoms with Crippen LogP contribution in [0.5, 0.6) is 0 Å². The van der Waals surface area contributed by atoms with Crippen molar-refractivity contribution >= 4 is 18.1 Å². The molecule has 0 heterocycles. The third kappa shape index (κ3) is 16.2. The summed E-state index contributed by atoms with van der Waals surface area (Å²) in [4.78, 5) is 32.0. The summed E-state index contributed by atoms with van der Waals surface area (Å²) in [6.45, 7) is 5.17. The first-order valence-corrected chi connectivity index (χ1v) is 7.43. The Balaban J connectivity index is 3.20. The van der Waals surface area contributed by atoms with Gasteiger partial charge in [0.05, 0.1) is 39.6 Å². The SMILES string of the molecule is CCNC(=O)CCOCCOCCOCCNC(=O)C#CC=O. The normalized spacial score (nSPS) is 9.61. The number of rotatable bonds is 13. The molecule has 0 unspecified atom stereocenters. The third-order valence-electron chi connectivity index (χ3n) is 2.37. The molecule has 130 valence electrons. The van der Waals surface area contributed by atoms with Crippen molar-refractivity contribution in [2.24, 2.45) is 0 Å². The summed E-state index contributed by atoms with van der Waals surface area (Å²) < 4.78 is 15.7. The van der Waals surface area contributed by atoms with Crippen molar-refractivity contribution in [2.75, 3.05) is 52.7 Å². The van der Waals surface area contributed by atoms with E-state index >= 15 is 0 Å². The molecular weight excluding hydrogens is 304 g/mol. The van der Waals surface area contributed by atoms with Gasteiger partial charge in [-0.25, -0.2) is 0 Å². The Kier molecular flexibility index (Phi) is 15.0. The van der Waals surface area contributed by atoms with E-state index in [4.69, 9.17) is 14.2 Å². The molecule has 0 aliphatic heterocycles. The van der Waals surface area contributed by atoms with E-state index in [1.165, 1.54) is 0 Å². The number of ether oxygens (including phenoxy) is 3. The lowest BCUT2D eigenvalue weighted by Gasteiger charge is -2.07. The smallest absolute Gasteiger partial charge is 0.296 e. The van der Waals surface area contributed by atoms with E-state index in [1.807, 2.05) is 12.8 Å². The molecule has 0 bridgehead atoms. The number of aldehydes is 1. The summed E-state index contributed by atoms with van der Waals surface area (Å²) in [5.41, 5.74) is 0. The zero-order valence-electron chi connectivity index (χ0n) is 13.4. The molecule has 2 N–H and O–H groups in total. The van der Waals surface area contributed by atoms with E-state index < -0.39 is 5.91 Å². The Bertz CT molecular complexity index is 403. The number of carbonyl (C=O) groups is 3. The average molecular weight is 328 g/mol. The minimum Gasteiger partial charge on any atom is -0.379 e. The largest absolute Gasteiger partial charge is 0.379 e. The molecule has 2 amide bonds. The fourth-order valence-corrected chi connectivity index (χ4v) is 1.37. The van der Waals surface area contributed by atoms with E-state index in [0.29, 0.717) is 65.4 Å². The first-order valence-electron chi connectivity index (χ1n) is 7.43. The van der Waals surface area contributed by atoms with Crippen LogP contribution in [0.15, 0.2) is 0 Å². The Morgan fingerprint density at radius 1 is 0.957 bits per heavy atom. The van der Waals surface area contributed by atoms with Crippen molar-refractivity contribution in [3.63, 3.8) is 0 Å². The number of hydrogen-bond donors (Lipinski definition) is 2. The highest BCUT2D eigenvalue weighted by Crippen LogP contribution is 1.85. The molecule has 0 fully saturated rings. The monoisotopic (exact) mass is 328 g/mol. The second-order valence-electron chi connectivity index (χ2n) is 4.18. The minimum absolute atomic E-state index is 0.0222. The van der Waals surface area contributed by atoms with Crippen molar-refractivity contribution in [1.29, 1.82) is 0 Å². The zero-order valence-corrected chi connectivity index (χ0v) is 13.4. The van der Waals surface area contributed by atoms with Crippen LogP contribution in [0.4, 0.5) is 0 Å². The van der Waals surface area contributed by atoms with Crippen LogP contribution in [0.3, 0.4) is 0 Å². The molecule has 0 radical (unpaired) electrons. The highest BCUT2D eigenvalue weighted by Gasteiger charge is 1.98. The Morgan fingerprint density at radius 2 is 1.57 bits per heavy atom. The summed E-state index contributed by atoms with van der Waals surface area (Å²) >= 11 is 0. The molecule has 8 nitrogen and oxygen atoms in total. The van der Waals surface area contributed by atoms with Gasteiger partial charge in [0.25, 0.3) is 5.91 Å². The summed E-state index contributed by atoms with van der Waals surface area (Å²) in [5, 5.41) is 5.15. The molecular formula is C15H24N2O6. The van der Waals surface area contributed by atoms with E-state index in [1.54, 1.807) is 0 Å². The minimum atomic E-state index is -0.512. The van der Waals surface area contributed by atoms with E-state index in [2.05, 4.69) is 16.6 Å². The van der Waals surface area contributed by atoms with Crippen LogP contribution in [-0.2, 0) is 28.6 Å². The van der Waals surface area contributed by atoms with E-state index in [-0.39, 0.29) is 5.91 Å². The van der Waals surface area contributed by atoms with Gasteiger partial charge in [-0.15, -0.1) is 0 Å². The van der Waals surface area contributed by atoms with Gasteiger partial charge in [0.15, 0.2) is 6.29 Å². The van der Waals surface area contributed by atoms with Gasteiger partial charge in [-0.1, -0.05) is 0 Å². The van der Waals surface area contributed by atoms with Gasteiger partial charge in [-0.2, -0.15) is 0 Å². The van der Waals surface area contributed by atoms with Gasteiger partial charge >= 0.3 is 0 Å². The van der Waals surface area contributed by atoms with E-state index in [9.17, 15) is 14.4 Å². The maximum atomic E-state index is 11.1. The summed E-state index contributed by atoms with van der Waals surface area (Å²) in [5.74, 6) is 3.57. The lowest BCUT2D eigenvalue weighted by Crippen LogP contribution is -2.26. The maximum absolute atomic E-state index is 11.1. The zero-order chi connectivity index (χ0) is 17.2. The molecule has 0 rings (SSSR count). The maximum Gasteiger partial charge on any atom is 0.296 e. The summed E-state index contributed by atoms with van der Waals surface area (Å²) in [6, 6.07) is 0. The van der Waals surface area contributed by atoms with Crippen LogP contribution in [0, 0.1) is 11.8 Å². The third-order valence-corrected chi connectivity index (χ3v) is 2.37. The first kappa shape index (κ1) is 21.0. The predicted molar refractivity (Wildman–Crippen MR) is 82.6 cm³/mol.